The largest absolute Gasteiger partial charge is 0.316 e. The Labute approximate surface area is 123 Å². The quantitative estimate of drug-likeness (QED) is 0.474. The minimum absolute atomic E-state index is 0.0901. The van der Waals surface area contributed by atoms with E-state index >= 15 is 0 Å². The van der Waals surface area contributed by atoms with Gasteiger partial charge in [-0.25, -0.2) is 5.43 Å². The van der Waals surface area contributed by atoms with Gasteiger partial charge in [-0.05, 0) is 45.6 Å². The Bertz CT molecular complexity index is 340. The standard InChI is InChI=1S/C14H24BrN3O/c1-10(12-5-3-7-16-9-12)17-18-14(19)11-4-2-6-13(15)8-11/h11-13,16H,2-9H2,1H3,(H,18,19)/b17-10+. The molecular weight excluding hydrogens is 306 g/mol. The number of carbonyl (C=O) groups is 1. The number of alkyl halides is 1. The summed E-state index contributed by atoms with van der Waals surface area (Å²) in [6, 6.07) is 0. The molecule has 0 bridgehead atoms. The molecule has 1 aliphatic heterocycles. The summed E-state index contributed by atoms with van der Waals surface area (Å²) in [5.74, 6) is 0.691. The van der Waals surface area contributed by atoms with E-state index in [2.05, 4.69) is 31.8 Å². The molecule has 0 aromatic rings. The maximum absolute atomic E-state index is 12.1. The normalized spacial score (nSPS) is 32.9. The van der Waals surface area contributed by atoms with Crippen LogP contribution in [0.1, 0.15) is 45.4 Å². The maximum Gasteiger partial charge on any atom is 0.243 e. The van der Waals surface area contributed by atoms with Crippen LogP contribution >= 0.6 is 15.9 Å². The molecule has 3 unspecified atom stereocenters. The van der Waals surface area contributed by atoms with E-state index < -0.39 is 0 Å². The smallest absolute Gasteiger partial charge is 0.243 e. The van der Waals surface area contributed by atoms with Gasteiger partial charge >= 0.3 is 0 Å². The lowest BCUT2D eigenvalue weighted by Crippen LogP contribution is -2.36. The lowest BCUT2D eigenvalue weighted by atomic mass is 9.89. The summed E-state index contributed by atoms with van der Waals surface area (Å²) in [5, 5.41) is 7.68. The molecule has 2 N–H and O–H groups in total. The third-order valence-corrected chi connectivity index (χ3v) is 5.04. The van der Waals surface area contributed by atoms with Gasteiger partial charge in [0, 0.05) is 28.9 Å². The summed E-state index contributed by atoms with van der Waals surface area (Å²) in [4.78, 5) is 12.6. The molecule has 5 heteroatoms. The van der Waals surface area contributed by atoms with Gasteiger partial charge < -0.3 is 5.32 Å². The number of nitrogens with one attached hydrogen (secondary N) is 2. The Morgan fingerprint density at radius 2 is 2.05 bits per heavy atom. The number of nitrogens with zero attached hydrogens (tertiary/aromatic N) is 1. The topological polar surface area (TPSA) is 53.5 Å². The summed E-state index contributed by atoms with van der Waals surface area (Å²) in [6.45, 7) is 4.11. The Hall–Kier alpha value is -0.420. The average Bonchev–Trinajstić information content (AvgIpc) is 2.45. The van der Waals surface area contributed by atoms with Crippen molar-refractivity contribution in [3.8, 4) is 0 Å². The lowest BCUT2D eigenvalue weighted by Gasteiger charge is -2.25. The minimum Gasteiger partial charge on any atom is -0.316 e. The minimum atomic E-state index is 0.0901. The Balaban J connectivity index is 1.81. The second-order valence-corrected chi connectivity index (χ2v) is 7.03. The summed E-state index contributed by atoms with van der Waals surface area (Å²) >= 11 is 3.62. The molecule has 1 saturated heterocycles. The zero-order valence-corrected chi connectivity index (χ0v) is 13.2. The first kappa shape index (κ1) is 15.0. The molecule has 2 rings (SSSR count). The van der Waals surface area contributed by atoms with Crippen molar-refractivity contribution in [2.45, 2.75) is 50.3 Å². The highest BCUT2D eigenvalue weighted by molar-refractivity contribution is 9.09. The average molecular weight is 330 g/mol. The second-order valence-electron chi connectivity index (χ2n) is 5.73. The van der Waals surface area contributed by atoms with E-state index in [9.17, 15) is 4.79 Å². The van der Waals surface area contributed by atoms with Gasteiger partial charge in [0.05, 0.1) is 0 Å². The van der Waals surface area contributed by atoms with Crippen molar-refractivity contribution >= 4 is 27.5 Å². The lowest BCUT2D eigenvalue weighted by molar-refractivity contribution is -0.125. The zero-order chi connectivity index (χ0) is 13.7. The van der Waals surface area contributed by atoms with Crippen LogP contribution < -0.4 is 10.7 Å². The van der Waals surface area contributed by atoms with Crippen molar-refractivity contribution in [1.82, 2.24) is 10.7 Å². The van der Waals surface area contributed by atoms with Crippen molar-refractivity contribution in [3.05, 3.63) is 0 Å². The predicted molar refractivity (Wildman–Crippen MR) is 81.5 cm³/mol. The molecule has 1 amide bonds. The fourth-order valence-corrected chi connectivity index (χ4v) is 3.68. The Kier molecular flexibility index (Phi) is 5.82. The van der Waals surface area contributed by atoms with Crippen molar-refractivity contribution in [1.29, 1.82) is 0 Å². The van der Waals surface area contributed by atoms with E-state index in [1.54, 1.807) is 0 Å². The van der Waals surface area contributed by atoms with Crippen molar-refractivity contribution < 1.29 is 4.79 Å². The number of hydrazone groups is 1. The van der Waals surface area contributed by atoms with Gasteiger partial charge in [0.25, 0.3) is 0 Å². The molecule has 1 aliphatic carbocycles. The SMILES string of the molecule is C/C(=N\NC(=O)C1CCCC(Br)C1)C1CCCNC1. The number of rotatable bonds is 3. The molecule has 2 aliphatic rings. The zero-order valence-electron chi connectivity index (χ0n) is 11.6. The van der Waals surface area contributed by atoms with Crippen LogP contribution in [0.3, 0.4) is 0 Å². The van der Waals surface area contributed by atoms with Gasteiger partial charge in [-0.3, -0.25) is 4.79 Å². The number of halogens is 1. The van der Waals surface area contributed by atoms with Crippen LogP contribution in [0.4, 0.5) is 0 Å². The van der Waals surface area contributed by atoms with Gasteiger partial charge in [-0.15, -0.1) is 0 Å². The molecular formula is C14H24BrN3O. The highest BCUT2D eigenvalue weighted by Gasteiger charge is 2.26. The first-order valence-electron chi connectivity index (χ1n) is 7.35. The molecule has 0 aromatic heterocycles. The summed E-state index contributed by atoms with van der Waals surface area (Å²) < 4.78 is 0. The van der Waals surface area contributed by atoms with Crippen molar-refractivity contribution in [3.63, 3.8) is 0 Å². The second kappa shape index (κ2) is 7.39. The fourth-order valence-electron chi connectivity index (χ4n) is 2.90. The first-order valence-corrected chi connectivity index (χ1v) is 8.27. The van der Waals surface area contributed by atoms with Crippen LogP contribution in [0.15, 0.2) is 5.10 Å². The van der Waals surface area contributed by atoms with E-state index in [-0.39, 0.29) is 11.8 Å². The van der Waals surface area contributed by atoms with Crippen molar-refractivity contribution in [2.75, 3.05) is 13.1 Å². The third kappa shape index (κ3) is 4.56. The number of piperidine rings is 1. The highest BCUT2D eigenvalue weighted by Crippen LogP contribution is 2.29. The summed E-state index contributed by atoms with van der Waals surface area (Å²) in [7, 11) is 0. The monoisotopic (exact) mass is 329 g/mol. The van der Waals surface area contributed by atoms with E-state index in [4.69, 9.17) is 0 Å². The summed E-state index contributed by atoms with van der Waals surface area (Å²) in [5.41, 5.74) is 3.82. The van der Waals surface area contributed by atoms with Crippen LogP contribution in [0.5, 0.6) is 0 Å². The maximum atomic E-state index is 12.1. The van der Waals surface area contributed by atoms with Gasteiger partial charge in [0.2, 0.25) is 5.91 Å². The molecule has 0 radical (unpaired) electrons. The van der Waals surface area contributed by atoms with Gasteiger partial charge in [0.1, 0.15) is 0 Å². The highest BCUT2D eigenvalue weighted by atomic mass is 79.9. The molecule has 1 saturated carbocycles. The number of amides is 1. The molecule has 1 heterocycles. The Morgan fingerprint density at radius 3 is 2.74 bits per heavy atom. The van der Waals surface area contributed by atoms with Crippen LogP contribution in [0, 0.1) is 11.8 Å². The number of hydrogen-bond acceptors (Lipinski definition) is 3. The van der Waals surface area contributed by atoms with E-state index in [1.165, 1.54) is 19.3 Å². The van der Waals surface area contributed by atoms with E-state index in [1.807, 2.05) is 6.92 Å². The molecule has 0 aromatic carbocycles. The third-order valence-electron chi connectivity index (χ3n) is 4.21. The fraction of sp³-hybridized carbons (Fsp3) is 0.857. The molecule has 19 heavy (non-hydrogen) atoms. The number of carbonyl (C=O) groups excluding carboxylic acids is 1. The van der Waals surface area contributed by atoms with Crippen LogP contribution in [-0.4, -0.2) is 29.5 Å². The van der Waals surface area contributed by atoms with Gasteiger partial charge in [-0.1, -0.05) is 22.4 Å². The molecule has 2 fully saturated rings. The first-order chi connectivity index (χ1) is 9.16. The Morgan fingerprint density at radius 1 is 1.26 bits per heavy atom. The van der Waals surface area contributed by atoms with Gasteiger partial charge in [-0.2, -0.15) is 5.10 Å². The van der Waals surface area contributed by atoms with Crippen LogP contribution in [-0.2, 0) is 4.79 Å². The molecule has 4 nitrogen and oxygen atoms in total. The molecule has 0 spiro atoms. The summed E-state index contributed by atoms with van der Waals surface area (Å²) in [6.07, 6.45) is 6.60. The van der Waals surface area contributed by atoms with Crippen LogP contribution in [0.25, 0.3) is 0 Å². The van der Waals surface area contributed by atoms with E-state index in [0.29, 0.717) is 10.7 Å². The van der Waals surface area contributed by atoms with Crippen molar-refractivity contribution in [2.24, 2.45) is 16.9 Å². The molecule has 3 atom stereocenters. The number of hydrogen-bond donors (Lipinski definition) is 2. The molecule has 108 valence electrons. The van der Waals surface area contributed by atoms with Gasteiger partial charge in [0.15, 0.2) is 0 Å². The van der Waals surface area contributed by atoms with Crippen LogP contribution in [0.2, 0.25) is 0 Å². The predicted octanol–water partition coefficient (Wildman–Crippen LogP) is 2.43. The van der Waals surface area contributed by atoms with E-state index in [0.717, 1.165) is 38.1 Å².